The van der Waals surface area contributed by atoms with Crippen LogP contribution in [0.1, 0.15) is 48.5 Å². The lowest BCUT2D eigenvalue weighted by atomic mass is 10.0. The third kappa shape index (κ3) is 5.44. The summed E-state index contributed by atoms with van der Waals surface area (Å²) in [6.07, 6.45) is 4.84. The van der Waals surface area contributed by atoms with Crippen LogP contribution in [0.15, 0.2) is 48.5 Å². The number of rotatable bonds is 9. The Morgan fingerprint density at radius 3 is 2.52 bits per heavy atom. The minimum atomic E-state index is -0.0943. The van der Waals surface area contributed by atoms with Gasteiger partial charge in [0.1, 0.15) is 11.5 Å². The predicted octanol–water partition coefficient (Wildman–Crippen LogP) is 4.78. The van der Waals surface area contributed by atoms with Crippen LogP contribution in [0.2, 0.25) is 0 Å². The maximum absolute atomic E-state index is 12.3. The molecule has 2 rings (SSSR count). The molecule has 1 N–H and O–H groups in total. The summed E-state index contributed by atoms with van der Waals surface area (Å²) in [6.45, 7) is 2.81. The fourth-order valence-electron chi connectivity index (χ4n) is 2.43. The van der Waals surface area contributed by atoms with Crippen molar-refractivity contribution >= 4 is 5.78 Å². The van der Waals surface area contributed by atoms with Crippen molar-refractivity contribution in [3.63, 3.8) is 0 Å². The molecule has 2 aromatic rings. The lowest BCUT2D eigenvalue weighted by molar-refractivity contribution is 0.0990. The lowest BCUT2D eigenvalue weighted by Gasteiger charge is -2.09. The normalized spacial score (nSPS) is 10.5. The van der Waals surface area contributed by atoms with Gasteiger partial charge in [-0.2, -0.15) is 0 Å². The molecule has 0 aliphatic rings. The molecule has 0 radical (unpaired) electrons. The summed E-state index contributed by atoms with van der Waals surface area (Å²) >= 11 is 0. The molecule has 2 aromatic carbocycles. The molecule has 0 aliphatic heterocycles. The van der Waals surface area contributed by atoms with Crippen LogP contribution in [0.5, 0.6) is 11.5 Å². The number of phenols is 1. The van der Waals surface area contributed by atoms with Crippen LogP contribution in [0.3, 0.4) is 0 Å². The molecule has 0 amide bonds. The van der Waals surface area contributed by atoms with Gasteiger partial charge in [-0.1, -0.05) is 56.5 Å². The van der Waals surface area contributed by atoms with Crippen LogP contribution in [-0.2, 0) is 6.42 Å². The van der Waals surface area contributed by atoms with E-state index < -0.39 is 0 Å². The van der Waals surface area contributed by atoms with Gasteiger partial charge in [-0.15, -0.1) is 0 Å². The van der Waals surface area contributed by atoms with Crippen molar-refractivity contribution in [3.05, 3.63) is 59.7 Å². The topological polar surface area (TPSA) is 46.5 Å². The van der Waals surface area contributed by atoms with E-state index >= 15 is 0 Å². The largest absolute Gasteiger partial charge is 0.507 e. The van der Waals surface area contributed by atoms with Crippen molar-refractivity contribution in [2.45, 2.75) is 39.0 Å². The van der Waals surface area contributed by atoms with Crippen molar-refractivity contribution in [1.82, 2.24) is 0 Å². The summed E-state index contributed by atoms with van der Waals surface area (Å²) in [5.74, 6) is 0.496. The average molecular weight is 312 g/mol. The van der Waals surface area contributed by atoms with Crippen LogP contribution in [-0.4, -0.2) is 17.5 Å². The van der Waals surface area contributed by atoms with Gasteiger partial charge >= 0.3 is 0 Å². The Bertz CT molecular complexity index is 620. The van der Waals surface area contributed by atoms with Crippen molar-refractivity contribution in [2.75, 3.05) is 6.61 Å². The highest BCUT2D eigenvalue weighted by Gasteiger charge is 2.12. The van der Waals surface area contributed by atoms with Gasteiger partial charge in [0, 0.05) is 12.5 Å². The first-order valence-electron chi connectivity index (χ1n) is 8.23. The van der Waals surface area contributed by atoms with Crippen LogP contribution in [0.25, 0.3) is 0 Å². The maximum Gasteiger partial charge on any atom is 0.170 e. The zero-order valence-electron chi connectivity index (χ0n) is 13.6. The number of ether oxygens (including phenoxy) is 1. The summed E-state index contributed by atoms with van der Waals surface area (Å²) in [5, 5.41) is 10.1. The van der Waals surface area contributed by atoms with Gasteiger partial charge in [-0.3, -0.25) is 4.79 Å². The number of carbonyl (C=O) groups is 1. The van der Waals surface area contributed by atoms with E-state index in [4.69, 9.17) is 4.74 Å². The van der Waals surface area contributed by atoms with Gasteiger partial charge in [0.2, 0.25) is 0 Å². The second-order valence-corrected chi connectivity index (χ2v) is 5.67. The number of aromatic hydroxyl groups is 1. The minimum absolute atomic E-state index is 0.0167. The SMILES string of the molecule is CCCCCCOc1ccc(C(=O)Cc2ccccc2)c(O)c1. The molecule has 0 unspecified atom stereocenters. The van der Waals surface area contributed by atoms with Crippen LogP contribution < -0.4 is 4.74 Å². The molecule has 0 heterocycles. The zero-order valence-corrected chi connectivity index (χ0v) is 13.6. The molecule has 0 bridgehead atoms. The van der Waals surface area contributed by atoms with Crippen LogP contribution in [0.4, 0.5) is 0 Å². The highest BCUT2D eigenvalue weighted by atomic mass is 16.5. The van der Waals surface area contributed by atoms with Gasteiger partial charge in [0.05, 0.1) is 12.2 Å². The maximum atomic E-state index is 12.3. The first-order chi connectivity index (χ1) is 11.2. The van der Waals surface area contributed by atoms with Gasteiger partial charge in [-0.05, 0) is 24.1 Å². The Labute approximate surface area is 137 Å². The van der Waals surface area contributed by atoms with Crippen LogP contribution in [0, 0.1) is 0 Å². The number of unbranched alkanes of at least 4 members (excludes halogenated alkanes) is 3. The Kier molecular flexibility index (Phi) is 6.67. The number of benzene rings is 2. The van der Waals surface area contributed by atoms with Gasteiger partial charge in [-0.25, -0.2) is 0 Å². The summed E-state index contributed by atoms with van der Waals surface area (Å²) in [7, 11) is 0. The van der Waals surface area contributed by atoms with Crippen LogP contribution >= 0.6 is 0 Å². The quantitative estimate of drug-likeness (QED) is 0.535. The second-order valence-electron chi connectivity index (χ2n) is 5.67. The molecule has 0 aliphatic carbocycles. The van der Waals surface area contributed by atoms with Crippen molar-refractivity contribution in [3.8, 4) is 11.5 Å². The van der Waals surface area contributed by atoms with Crippen molar-refractivity contribution < 1.29 is 14.6 Å². The van der Waals surface area contributed by atoms with E-state index in [0.29, 0.717) is 17.9 Å². The summed E-state index contributed by atoms with van der Waals surface area (Å²) in [5.41, 5.74) is 1.28. The summed E-state index contributed by atoms with van der Waals surface area (Å²) in [4.78, 5) is 12.3. The molecule has 3 nitrogen and oxygen atoms in total. The number of hydrogen-bond acceptors (Lipinski definition) is 3. The first-order valence-corrected chi connectivity index (χ1v) is 8.23. The van der Waals surface area contributed by atoms with E-state index in [1.54, 1.807) is 12.1 Å². The highest BCUT2D eigenvalue weighted by molar-refractivity contribution is 6.00. The molecule has 0 saturated carbocycles. The lowest BCUT2D eigenvalue weighted by Crippen LogP contribution is -2.04. The Morgan fingerprint density at radius 1 is 1.04 bits per heavy atom. The van der Waals surface area contributed by atoms with Gasteiger partial charge in [0.15, 0.2) is 5.78 Å². The monoisotopic (exact) mass is 312 g/mol. The molecule has 0 aromatic heterocycles. The molecular formula is C20H24O3. The average Bonchev–Trinajstić information content (AvgIpc) is 2.55. The third-order valence-electron chi connectivity index (χ3n) is 3.74. The minimum Gasteiger partial charge on any atom is -0.507 e. The molecule has 0 saturated heterocycles. The molecule has 3 heteroatoms. The molecular weight excluding hydrogens is 288 g/mol. The molecule has 122 valence electrons. The molecule has 0 atom stereocenters. The van der Waals surface area contributed by atoms with E-state index in [9.17, 15) is 9.90 Å². The molecule has 0 fully saturated rings. The van der Waals surface area contributed by atoms with E-state index in [1.165, 1.54) is 18.9 Å². The fourth-order valence-corrected chi connectivity index (χ4v) is 2.43. The van der Waals surface area contributed by atoms with E-state index in [-0.39, 0.29) is 18.0 Å². The molecule has 0 spiro atoms. The fraction of sp³-hybridized carbons (Fsp3) is 0.350. The number of carbonyl (C=O) groups excluding carboxylic acids is 1. The van der Waals surface area contributed by atoms with Gasteiger partial charge < -0.3 is 9.84 Å². The number of hydrogen-bond donors (Lipinski definition) is 1. The Morgan fingerprint density at radius 2 is 1.83 bits per heavy atom. The number of Topliss-reactive ketones (excluding diaryl/α,β-unsaturated/α-hetero) is 1. The zero-order chi connectivity index (χ0) is 16.5. The third-order valence-corrected chi connectivity index (χ3v) is 3.74. The summed E-state index contributed by atoms with van der Waals surface area (Å²) < 4.78 is 5.62. The Balaban J connectivity index is 1.92. The number of phenolic OH excluding ortho intramolecular Hbond substituents is 1. The standard InChI is InChI=1S/C20H24O3/c1-2-3-4-8-13-23-17-11-12-18(20(22)15-17)19(21)14-16-9-6-5-7-10-16/h5-7,9-12,15,22H,2-4,8,13-14H2,1H3. The highest BCUT2D eigenvalue weighted by Crippen LogP contribution is 2.25. The number of ketones is 1. The molecule has 23 heavy (non-hydrogen) atoms. The smallest absolute Gasteiger partial charge is 0.170 e. The summed E-state index contributed by atoms with van der Waals surface area (Å²) in [6, 6.07) is 14.4. The van der Waals surface area contributed by atoms with E-state index in [1.807, 2.05) is 30.3 Å². The van der Waals surface area contributed by atoms with Crippen molar-refractivity contribution in [1.29, 1.82) is 0 Å². The van der Waals surface area contributed by atoms with Gasteiger partial charge in [0.25, 0.3) is 0 Å². The second kappa shape index (κ2) is 8.99. The first kappa shape index (κ1) is 17.1. The van der Waals surface area contributed by atoms with Crippen molar-refractivity contribution in [2.24, 2.45) is 0 Å². The Hall–Kier alpha value is -2.29. The van der Waals surface area contributed by atoms with E-state index in [2.05, 4.69) is 6.92 Å². The van der Waals surface area contributed by atoms with E-state index in [0.717, 1.165) is 18.4 Å². The predicted molar refractivity (Wildman–Crippen MR) is 92.2 cm³/mol.